The Balaban J connectivity index is 1.46. The third kappa shape index (κ3) is 3.50. The van der Waals surface area contributed by atoms with Crippen molar-refractivity contribution in [3.05, 3.63) is 65.5 Å². The van der Waals surface area contributed by atoms with Gasteiger partial charge in [0.2, 0.25) is 5.91 Å². The number of hydrogen-bond donors (Lipinski definition) is 0. The lowest BCUT2D eigenvalue weighted by atomic mass is 9.89. The standard InChI is InChI=1S/C22H20FNO4/c1-27-17-7-8-20-18(12-17)19(25)13-22(28-20)10-11-24(14-22)21(26)9-4-15-2-5-16(23)6-3-15/h2-9,12H,10-11,13-14H2,1H3/b9-4+. The lowest BCUT2D eigenvalue weighted by molar-refractivity contribution is -0.125. The third-order valence-electron chi connectivity index (χ3n) is 5.21. The van der Waals surface area contributed by atoms with Crippen LogP contribution in [0, 0.1) is 5.82 Å². The van der Waals surface area contributed by atoms with Crippen LogP contribution in [0.25, 0.3) is 6.08 Å². The van der Waals surface area contributed by atoms with Gasteiger partial charge in [-0.25, -0.2) is 4.39 Å². The molecule has 2 aliphatic rings. The highest BCUT2D eigenvalue weighted by molar-refractivity contribution is 6.01. The molecule has 144 valence electrons. The van der Waals surface area contributed by atoms with Crippen LogP contribution in [0.2, 0.25) is 0 Å². The van der Waals surface area contributed by atoms with Crippen molar-refractivity contribution >= 4 is 17.8 Å². The molecule has 4 rings (SSSR count). The molecule has 0 radical (unpaired) electrons. The van der Waals surface area contributed by atoms with Crippen LogP contribution in [0.5, 0.6) is 11.5 Å². The second-order valence-electron chi connectivity index (χ2n) is 7.14. The van der Waals surface area contributed by atoms with E-state index in [1.807, 2.05) is 0 Å². The Labute approximate surface area is 162 Å². The van der Waals surface area contributed by atoms with Crippen LogP contribution in [-0.2, 0) is 4.79 Å². The number of halogens is 1. The largest absolute Gasteiger partial charge is 0.497 e. The number of carbonyl (C=O) groups excluding carboxylic acids is 2. The molecular formula is C22H20FNO4. The first-order valence-electron chi connectivity index (χ1n) is 9.11. The first kappa shape index (κ1) is 18.2. The fourth-order valence-corrected chi connectivity index (χ4v) is 3.71. The van der Waals surface area contributed by atoms with Gasteiger partial charge in [0.15, 0.2) is 5.78 Å². The van der Waals surface area contributed by atoms with Crippen LogP contribution in [0.4, 0.5) is 4.39 Å². The number of ketones is 1. The van der Waals surface area contributed by atoms with E-state index in [1.165, 1.54) is 18.2 Å². The molecule has 1 atom stereocenters. The molecule has 0 aromatic heterocycles. The molecule has 1 unspecified atom stereocenters. The smallest absolute Gasteiger partial charge is 0.246 e. The van der Waals surface area contributed by atoms with Gasteiger partial charge < -0.3 is 14.4 Å². The molecule has 0 N–H and O–H groups in total. The van der Waals surface area contributed by atoms with E-state index in [2.05, 4.69) is 0 Å². The van der Waals surface area contributed by atoms with Crippen molar-refractivity contribution in [1.29, 1.82) is 0 Å². The van der Waals surface area contributed by atoms with Gasteiger partial charge in [-0.3, -0.25) is 9.59 Å². The first-order chi connectivity index (χ1) is 13.5. The maximum atomic E-state index is 13.0. The lowest BCUT2D eigenvalue weighted by Gasteiger charge is -2.34. The van der Waals surface area contributed by atoms with Gasteiger partial charge in [0.1, 0.15) is 22.9 Å². The number of rotatable bonds is 3. The molecule has 1 fully saturated rings. The average molecular weight is 381 g/mol. The molecule has 0 aliphatic carbocycles. The second-order valence-corrected chi connectivity index (χ2v) is 7.14. The number of amides is 1. The molecule has 1 spiro atoms. The van der Waals surface area contributed by atoms with Gasteiger partial charge >= 0.3 is 0 Å². The zero-order valence-corrected chi connectivity index (χ0v) is 15.5. The van der Waals surface area contributed by atoms with Crippen molar-refractivity contribution < 1.29 is 23.5 Å². The minimum Gasteiger partial charge on any atom is -0.497 e. The molecule has 5 nitrogen and oxygen atoms in total. The molecule has 2 aromatic carbocycles. The summed E-state index contributed by atoms with van der Waals surface area (Å²) in [6, 6.07) is 11.1. The van der Waals surface area contributed by atoms with Gasteiger partial charge in [-0.05, 0) is 42.0 Å². The SMILES string of the molecule is COc1ccc2c(c1)C(=O)CC1(CCN(C(=O)/C=C/c3ccc(F)cc3)C1)O2. The number of carbonyl (C=O) groups is 2. The van der Waals surface area contributed by atoms with Crippen LogP contribution < -0.4 is 9.47 Å². The van der Waals surface area contributed by atoms with Crippen LogP contribution in [0.1, 0.15) is 28.8 Å². The zero-order chi connectivity index (χ0) is 19.7. The number of fused-ring (bicyclic) bond motifs is 1. The van der Waals surface area contributed by atoms with E-state index in [0.29, 0.717) is 36.6 Å². The predicted octanol–water partition coefficient (Wildman–Crippen LogP) is 3.48. The number of hydrogen-bond acceptors (Lipinski definition) is 4. The molecule has 1 saturated heterocycles. The molecule has 2 heterocycles. The van der Waals surface area contributed by atoms with Gasteiger partial charge in [-0.2, -0.15) is 0 Å². The van der Waals surface area contributed by atoms with Gasteiger partial charge in [0, 0.05) is 19.0 Å². The topological polar surface area (TPSA) is 55.8 Å². The molecule has 1 amide bonds. The van der Waals surface area contributed by atoms with Crippen molar-refractivity contribution in [3.8, 4) is 11.5 Å². The highest BCUT2D eigenvalue weighted by atomic mass is 19.1. The van der Waals surface area contributed by atoms with E-state index in [-0.39, 0.29) is 23.9 Å². The minimum atomic E-state index is -0.682. The van der Waals surface area contributed by atoms with Crippen LogP contribution >= 0.6 is 0 Å². The fourth-order valence-electron chi connectivity index (χ4n) is 3.71. The second kappa shape index (κ2) is 7.11. The van der Waals surface area contributed by atoms with E-state index in [1.54, 1.807) is 48.4 Å². The molecule has 28 heavy (non-hydrogen) atoms. The van der Waals surface area contributed by atoms with Crippen molar-refractivity contribution in [2.45, 2.75) is 18.4 Å². The van der Waals surface area contributed by atoms with Crippen LogP contribution in [0.15, 0.2) is 48.5 Å². The molecule has 2 aromatic rings. The van der Waals surface area contributed by atoms with E-state index in [0.717, 1.165) is 5.56 Å². The highest BCUT2D eigenvalue weighted by Crippen LogP contribution is 2.40. The maximum Gasteiger partial charge on any atom is 0.246 e. The zero-order valence-electron chi connectivity index (χ0n) is 15.5. The molecule has 0 bridgehead atoms. The quantitative estimate of drug-likeness (QED) is 0.764. The number of ether oxygens (including phenoxy) is 2. The maximum absolute atomic E-state index is 13.0. The number of Topliss-reactive ketones (excluding diaryl/α,β-unsaturated/α-hetero) is 1. The Bertz CT molecular complexity index is 954. The Morgan fingerprint density at radius 3 is 2.79 bits per heavy atom. The summed E-state index contributed by atoms with van der Waals surface area (Å²) in [5.74, 6) is 0.671. The van der Waals surface area contributed by atoms with Crippen molar-refractivity contribution in [2.75, 3.05) is 20.2 Å². The van der Waals surface area contributed by atoms with E-state index < -0.39 is 5.60 Å². The summed E-state index contributed by atoms with van der Waals surface area (Å²) < 4.78 is 24.3. The van der Waals surface area contributed by atoms with Gasteiger partial charge in [0.25, 0.3) is 0 Å². The number of methoxy groups -OCH3 is 1. The minimum absolute atomic E-state index is 0.00342. The molecule has 6 heteroatoms. The Morgan fingerprint density at radius 1 is 1.25 bits per heavy atom. The van der Waals surface area contributed by atoms with Gasteiger partial charge in [-0.1, -0.05) is 12.1 Å². The molecule has 2 aliphatic heterocycles. The summed E-state index contributed by atoms with van der Waals surface area (Å²) in [6.07, 6.45) is 3.95. The summed E-state index contributed by atoms with van der Waals surface area (Å²) in [4.78, 5) is 26.9. The monoisotopic (exact) mass is 381 g/mol. The van der Waals surface area contributed by atoms with Gasteiger partial charge in [0.05, 0.1) is 25.6 Å². The lowest BCUT2D eigenvalue weighted by Crippen LogP contribution is -2.45. The number of benzene rings is 2. The summed E-state index contributed by atoms with van der Waals surface area (Å²) >= 11 is 0. The van der Waals surface area contributed by atoms with Crippen LogP contribution in [0.3, 0.4) is 0 Å². The fraction of sp³-hybridized carbons (Fsp3) is 0.273. The third-order valence-corrected chi connectivity index (χ3v) is 5.21. The van der Waals surface area contributed by atoms with E-state index in [9.17, 15) is 14.0 Å². The summed E-state index contributed by atoms with van der Waals surface area (Å²) in [6.45, 7) is 0.877. The Hall–Kier alpha value is -3.15. The Morgan fingerprint density at radius 2 is 2.04 bits per heavy atom. The van der Waals surface area contributed by atoms with E-state index in [4.69, 9.17) is 9.47 Å². The van der Waals surface area contributed by atoms with Crippen LogP contribution in [-0.4, -0.2) is 42.4 Å². The van der Waals surface area contributed by atoms with Crippen molar-refractivity contribution in [2.24, 2.45) is 0 Å². The van der Waals surface area contributed by atoms with Gasteiger partial charge in [-0.15, -0.1) is 0 Å². The Kier molecular flexibility index (Phi) is 4.63. The first-order valence-corrected chi connectivity index (χ1v) is 9.11. The average Bonchev–Trinajstić information content (AvgIpc) is 3.10. The summed E-state index contributed by atoms with van der Waals surface area (Å²) in [5, 5.41) is 0. The number of likely N-dealkylation sites (tertiary alicyclic amines) is 1. The molecule has 0 saturated carbocycles. The van der Waals surface area contributed by atoms with E-state index >= 15 is 0 Å². The predicted molar refractivity (Wildman–Crippen MR) is 102 cm³/mol. The summed E-state index contributed by atoms with van der Waals surface area (Å²) in [5.41, 5.74) is 0.583. The van der Waals surface area contributed by atoms with Crippen molar-refractivity contribution in [1.82, 2.24) is 4.90 Å². The van der Waals surface area contributed by atoms with Crippen molar-refractivity contribution in [3.63, 3.8) is 0 Å². The number of nitrogens with zero attached hydrogens (tertiary/aromatic N) is 1. The highest BCUT2D eigenvalue weighted by Gasteiger charge is 2.46. The normalized spacial score (nSPS) is 21.1. The summed E-state index contributed by atoms with van der Waals surface area (Å²) in [7, 11) is 1.55. The molecular weight excluding hydrogens is 361 g/mol.